The van der Waals surface area contributed by atoms with E-state index in [1.807, 2.05) is 6.92 Å². The van der Waals surface area contributed by atoms with Crippen LogP contribution in [-0.4, -0.2) is 28.4 Å². The summed E-state index contributed by atoms with van der Waals surface area (Å²) in [7, 11) is 6.43. The van der Waals surface area contributed by atoms with Crippen molar-refractivity contribution in [3.05, 3.63) is 11.6 Å². The van der Waals surface area contributed by atoms with Crippen molar-refractivity contribution in [1.82, 2.24) is 0 Å². The van der Waals surface area contributed by atoms with E-state index in [1.165, 1.54) is 0 Å². The maximum Gasteiger partial charge on any atom is 0.167 e. The predicted octanol–water partition coefficient (Wildman–Crippen LogP) is 2.28. The molecule has 0 unspecified atom stereocenters. The van der Waals surface area contributed by atoms with E-state index < -0.39 is 0 Å². The van der Waals surface area contributed by atoms with Crippen LogP contribution in [0.5, 0.6) is 23.0 Å². The number of benzene rings is 1. The van der Waals surface area contributed by atoms with Crippen molar-refractivity contribution in [2.75, 3.05) is 28.4 Å². The van der Waals surface area contributed by atoms with Crippen LogP contribution in [0.4, 0.5) is 0 Å². The fourth-order valence-electron chi connectivity index (χ4n) is 1.72. The minimum absolute atomic E-state index is 0.650. The van der Waals surface area contributed by atoms with E-state index in [0.29, 0.717) is 23.0 Å². The standard InChI is InChI=1S/C12H18O4/c1-6-8-11(15-4)9(13-2)7-10(14-3)12(8)16-5/h7H,6H2,1-5H3. The van der Waals surface area contributed by atoms with Crippen molar-refractivity contribution >= 4 is 0 Å². The molecule has 0 saturated carbocycles. The first-order valence-electron chi connectivity index (χ1n) is 5.09. The molecule has 0 radical (unpaired) electrons. The highest BCUT2D eigenvalue weighted by molar-refractivity contribution is 5.61. The third-order valence-corrected chi connectivity index (χ3v) is 2.46. The van der Waals surface area contributed by atoms with Gasteiger partial charge < -0.3 is 18.9 Å². The molecule has 16 heavy (non-hydrogen) atoms. The van der Waals surface area contributed by atoms with Gasteiger partial charge in [0.1, 0.15) is 0 Å². The van der Waals surface area contributed by atoms with E-state index in [2.05, 4.69) is 0 Å². The summed E-state index contributed by atoms with van der Waals surface area (Å²) < 4.78 is 21.2. The zero-order valence-electron chi connectivity index (χ0n) is 10.4. The third-order valence-electron chi connectivity index (χ3n) is 2.46. The summed E-state index contributed by atoms with van der Waals surface area (Å²) in [4.78, 5) is 0. The maximum absolute atomic E-state index is 5.34. The Hall–Kier alpha value is -1.58. The first-order chi connectivity index (χ1) is 7.73. The summed E-state index contributed by atoms with van der Waals surface area (Å²) in [5.41, 5.74) is 0.946. The summed E-state index contributed by atoms with van der Waals surface area (Å²) in [5, 5.41) is 0. The molecule has 0 N–H and O–H groups in total. The van der Waals surface area contributed by atoms with Gasteiger partial charge in [-0.25, -0.2) is 0 Å². The Morgan fingerprint density at radius 3 is 1.50 bits per heavy atom. The van der Waals surface area contributed by atoms with Crippen molar-refractivity contribution in [3.63, 3.8) is 0 Å². The average molecular weight is 226 g/mol. The lowest BCUT2D eigenvalue weighted by molar-refractivity contribution is 0.324. The molecular weight excluding hydrogens is 208 g/mol. The molecule has 0 atom stereocenters. The molecule has 90 valence electrons. The summed E-state index contributed by atoms with van der Waals surface area (Å²) in [6.45, 7) is 2.03. The Bertz CT molecular complexity index is 330. The quantitative estimate of drug-likeness (QED) is 0.772. The summed E-state index contributed by atoms with van der Waals surface area (Å²) >= 11 is 0. The van der Waals surface area contributed by atoms with Crippen molar-refractivity contribution in [1.29, 1.82) is 0 Å². The van der Waals surface area contributed by atoms with Crippen LogP contribution in [0.25, 0.3) is 0 Å². The minimum atomic E-state index is 0.650. The second kappa shape index (κ2) is 5.49. The molecule has 4 heteroatoms. The Balaban J connectivity index is 3.47. The largest absolute Gasteiger partial charge is 0.493 e. The molecule has 1 rings (SSSR count). The van der Waals surface area contributed by atoms with Crippen molar-refractivity contribution < 1.29 is 18.9 Å². The van der Waals surface area contributed by atoms with Gasteiger partial charge in [-0.2, -0.15) is 0 Å². The number of rotatable bonds is 5. The zero-order valence-corrected chi connectivity index (χ0v) is 10.4. The lowest BCUT2D eigenvalue weighted by Crippen LogP contribution is -2.01. The summed E-state index contributed by atoms with van der Waals surface area (Å²) in [6.07, 6.45) is 0.778. The van der Waals surface area contributed by atoms with Gasteiger partial charge in [0.25, 0.3) is 0 Å². The molecule has 0 fully saturated rings. The molecule has 0 amide bonds. The van der Waals surface area contributed by atoms with Gasteiger partial charge in [-0.05, 0) is 6.42 Å². The lowest BCUT2D eigenvalue weighted by Gasteiger charge is -2.17. The molecule has 0 aliphatic carbocycles. The molecule has 0 aliphatic rings. The molecule has 0 heterocycles. The van der Waals surface area contributed by atoms with E-state index in [-0.39, 0.29) is 0 Å². The van der Waals surface area contributed by atoms with Crippen LogP contribution in [0.15, 0.2) is 6.07 Å². The van der Waals surface area contributed by atoms with Gasteiger partial charge in [-0.15, -0.1) is 0 Å². The molecule has 0 saturated heterocycles. The molecule has 0 spiro atoms. The maximum atomic E-state index is 5.34. The minimum Gasteiger partial charge on any atom is -0.493 e. The van der Waals surface area contributed by atoms with E-state index in [9.17, 15) is 0 Å². The highest BCUT2D eigenvalue weighted by atomic mass is 16.5. The van der Waals surface area contributed by atoms with Gasteiger partial charge in [0, 0.05) is 11.6 Å². The predicted molar refractivity (Wildman–Crippen MR) is 62.0 cm³/mol. The van der Waals surface area contributed by atoms with Crippen molar-refractivity contribution in [3.8, 4) is 23.0 Å². The van der Waals surface area contributed by atoms with Crippen LogP contribution in [0.1, 0.15) is 12.5 Å². The van der Waals surface area contributed by atoms with Crippen molar-refractivity contribution in [2.24, 2.45) is 0 Å². The molecule has 0 aromatic heterocycles. The fraction of sp³-hybridized carbons (Fsp3) is 0.500. The molecule has 0 bridgehead atoms. The monoisotopic (exact) mass is 226 g/mol. The van der Waals surface area contributed by atoms with Crippen LogP contribution < -0.4 is 18.9 Å². The number of hydrogen-bond acceptors (Lipinski definition) is 4. The Labute approximate surface area is 96.1 Å². The van der Waals surface area contributed by atoms with Crippen LogP contribution in [0.2, 0.25) is 0 Å². The molecule has 1 aromatic rings. The van der Waals surface area contributed by atoms with E-state index in [0.717, 1.165) is 12.0 Å². The van der Waals surface area contributed by atoms with Crippen LogP contribution in [0, 0.1) is 0 Å². The molecule has 4 nitrogen and oxygen atoms in total. The van der Waals surface area contributed by atoms with Gasteiger partial charge in [0.15, 0.2) is 23.0 Å². The number of hydrogen-bond donors (Lipinski definition) is 0. The van der Waals surface area contributed by atoms with E-state index >= 15 is 0 Å². The normalized spacial score (nSPS) is 9.81. The molecule has 1 aromatic carbocycles. The number of methoxy groups -OCH3 is 4. The molecular formula is C12H18O4. The smallest absolute Gasteiger partial charge is 0.167 e. The Kier molecular flexibility index (Phi) is 4.28. The van der Waals surface area contributed by atoms with E-state index in [4.69, 9.17) is 18.9 Å². The van der Waals surface area contributed by atoms with Crippen LogP contribution in [-0.2, 0) is 6.42 Å². The highest BCUT2D eigenvalue weighted by Crippen LogP contribution is 2.44. The van der Waals surface area contributed by atoms with Crippen molar-refractivity contribution in [2.45, 2.75) is 13.3 Å². The second-order valence-corrected chi connectivity index (χ2v) is 3.18. The fourth-order valence-corrected chi connectivity index (χ4v) is 1.72. The first kappa shape index (κ1) is 12.5. The van der Waals surface area contributed by atoms with Gasteiger partial charge in [0.05, 0.1) is 28.4 Å². The van der Waals surface area contributed by atoms with Gasteiger partial charge in [0.2, 0.25) is 0 Å². The summed E-state index contributed by atoms with van der Waals surface area (Å²) in [5.74, 6) is 2.69. The third kappa shape index (κ3) is 2.01. The highest BCUT2D eigenvalue weighted by Gasteiger charge is 2.19. The van der Waals surface area contributed by atoms with Gasteiger partial charge in [-0.3, -0.25) is 0 Å². The second-order valence-electron chi connectivity index (χ2n) is 3.18. The summed E-state index contributed by atoms with van der Waals surface area (Å²) in [6, 6.07) is 1.76. The molecule has 0 aliphatic heterocycles. The van der Waals surface area contributed by atoms with Crippen LogP contribution in [0.3, 0.4) is 0 Å². The van der Waals surface area contributed by atoms with Crippen LogP contribution >= 0.6 is 0 Å². The number of ether oxygens (including phenoxy) is 4. The topological polar surface area (TPSA) is 36.9 Å². The first-order valence-corrected chi connectivity index (χ1v) is 5.09. The van der Waals surface area contributed by atoms with E-state index in [1.54, 1.807) is 34.5 Å². The average Bonchev–Trinajstić information content (AvgIpc) is 2.35. The SMILES string of the molecule is CCc1c(OC)c(OC)cc(OC)c1OC. The van der Waals surface area contributed by atoms with Gasteiger partial charge >= 0.3 is 0 Å². The Morgan fingerprint density at radius 2 is 1.25 bits per heavy atom. The zero-order chi connectivity index (χ0) is 12.1. The lowest BCUT2D eigenvalue weighted by atomic mass is 10.1. The van der Waals surface area contributed by atoms with Gasteiger partial charge in [-0.1, -0.05) is 6.92 Å². The Morgan fingerprint density at radius 1 is 0.812 bits per heavy atom.